The Hall–Kier alpha value is -2.47. The topological polar surface area (TPSA) is 84.0 Å². The Labute approximate surface area is 131 Å². The molecule has 7 heteroatoms. The minimum absolute atomic E-state index is 0.256. The number of carbonyl (C=O) groups excluding carboxylic acids is 2. The lowest BCUT2D eigenvalue weighted by Gasteiger charge is -2.22. The van der Waals surface area contributed by atoms with Crippen molar-refractivity contribution in [2.24, 2.45) is 0 Å². The summed E-state index contributed by atoms with van der Waals surface area (Å²) in [5.74, 6) is 0.317. The lowest BCUT2D eigenvalue weighted by atomic mass is 10.1. The van der Waals surface area contributed by atoms with Gasteiger partial charge < -0.3 is 5.32 Å². The van der Waals surface area contributed by atoms with Gasteiger partial charge in [0, 0.05) is 18.1 Å². The van der Waals surface area contributed by atoms with E-state index in [4.69, 9.17) is 11.6 Å². The van der Waals surface area contributed by atoms with Crippen molar-refractivity contribution in [1.29, 1.82) is 0 Å². The number of nitrogens with one attached hydrogen (secondary N) is 2. The van der Waals surface area contributed by atoms with Crippen molar-refractivity contribution in [2.45, 2.75) is 18.9 Å². The van der Waals surface area contributed by atoms with Gasteiger partial charge >= 0.3 is 0 Å². The molecule has 1 aliphatic rings. The average molecular weight is 317 g/mol. The summed E-state index contributed by atoms with van der Waals surface area (Å²) in [7, 11) is 0. The molecule has 3 rings (SSSR count). The molecule has 1 aliphatic heterocycles. The zero-order valence-electron chi connectivity index (χ0n) is 11.5. The van der Waals surface area contributed by atoms with Crippen LogP contribution in [0, 0.1) is 0 Å². The minimum Gasteiger partial charge on any atom is -0.358 e. The van der Waals surface area contributed by atoms with Gasteiger partial charge in [0.1, 0.15) is 17.0 Å². The number of aromatic nitrogens is 2. The third-order valence-corrected chi connectivity index (χ3v) is 3.48. The second-order valence-electron chi connectivity index (χ2n) is 4.91. The van der Waals surface area contributed by atoms with E-state index in [1.54, 1.807) is 6.07 Å². The van der Waals surface area contributed by atoms with Crippen LogP contribution in [0.5, 0.6) is 0 Å². The Morgan fingerprint density at radius 2 is 1.95 bits per heavy atom. The largest absolute Gasteiger partial charge is 0.358 e. The molecule has 2 heterocycles. The maximum absolute atomic E-state index is 11.8. The van der Waals surface area contributed by atoms with E-state index in [1.165, 1.54) is 0 Å². The molecule has 1 saturated heterocycles. The molecule has 0 saturated carbocycles. The van der Waals surface area contributed by atoms with Crippen LogP contribution in [0.3, 0.4) is 0 Å². The fourth-order valence-electron chi connectivity index (χ4n) is 2.22. The second-order valence-corrected chi connectivity index (χ2v) is 5.30. The first kappa shape index (κ1) is 14.5. The molecule has 1 fully saturated rings. The highest BCUT2D eigenvalue weighted by molar-refractivity contribution is 6.29. The predicted octanol–water partition coefficient (Wildman–Crippen LogP) is 2.01. The Balaban J connectivity index is 1.84. The normalized spacial score (nSPS) is 18.0. The van der Waals surface area contributed by atoms with Gasteiger partial charge in [0.15, 0.2) is 5.82 Å². The van der Waals surface area contributed by atoms with Gasteiger partial charge in [-0.05, 0) is 6.42 Å². The van der Waals surface area contributed by atoms with E-state index in [0.717, 1.165) is 5.56 Å². The SMILES string of the molecule is O=C1CCC(Nc2cc(Cl)nc(-c3ccccc3)n2)C(=O)N1. The van der Waals surface area contributed by atoms with E-state index in [2.05, 4.69) is 20.6 Å². The van der Waals surface area contributed by atoms with Gasteiger partial charge in [-0.25, -0.2) is 9.97 Å². The molecule has 1 atom stereocenters. The molecule has 112 valence electrons. The highest BCUT2D eigenvalue weighted by atomic mass is 35.5. The Morgan fingerprint density at radius 1 is 1.18 bits per heavy atom. The first-order valence-electron chi connectivity index (χ1n) is 6.82. The zero-order chi connectivity index (χ0) is 15.5. The molecule has 22 heavy (non-hydrogen) atoms. The summed E-state index contributed by atoms with van der Waals surface area (Å²) in [6.07, 6.45) is 0.723. The Kier molecular flexibility index (Phi) is 4.02. The van der Waals surface area contributed by atoms with Crippen molar-refractivity contribution >= 4 is 29.2 Å². The predicted molar refractivity (Wildman–Crippen MR) is 82.3 cm³/mol. The number of nitrogens with zero attached hydrogens (tertiary/aromatic N) is 2. The summed E-state index contributed by atoms with van der Waals surface area (Å²) >= 11 is 6.03. The molecule has 6 nitrogen and oxygen atoms in total. The quantitative estimate of drug-likeness (QED) is 0.668. The van der Waals surface area contributed by atoms with Crippen LogP contribution >= 0.6 is 11.6 Å². The first-order chi connectivity index (χ1) is 10.6. The number of amides is 2. The van der Waals surface area contributed by atoms with Crippen molar-refractivity contribution in [1.82, 2.24) is 15.3 Å². The molecule has 2 aromatic rings. The summed E-state index contributed by atoms with van der Waals surface area (Å²) in [6.45, 7) is 0. The lowest BCUT2D eigenvalue weighted by molar-refractivity contribution is -0.133. The van der Waals surface area contributed by atoms with Gasteiger partial charge in [0.05, 0.1) is 0 Å². The summed E-state index contributed by atoms with van der Waals surface area (Å²) in [6, 6.07) is 10.5. The van der Waals surface area contributed by atoms with Crippen molar-refractivity contribution < 1.29 is 9.59 Å². The lowest BCUT2D eigenvalue weighted by Crippen LogP contribution is -2.47. The van der Waals surface area contributed by atoms with Crippen LogP contribution in [0.15, 0.2) is 36.4 Å². The summed E-state index contributed by atoms with van der Waals surface area (Å²) in [5.41, 5.74) is 0.830. The number of carbonyl (C=O) groups is 2. The van der Waals surface area contributed by atoms with Crippen molar-refractivity contribution in [3.8, 4) is 11.4 Å². The molecule has 0 spiro atoms. The third kappa shape index (κ3) is 3.23. The van der Waals surface area contributed by atoms with E-state index < -0.39 is 6.04 Å². The van der Waals surface area contributed by atoms with Gasteiger partial charge in [-0.15, -0.1) is 0 Å². The summed E-state index contributed by atoms with van der Waals surface area (Å²) < 4.78 is 0. The zero-order valence-corrected chi connectivity index (χ0v) is 12.3. The van der Waals surface area contributed by atoms with Crippen LogP contribution in [0.2, 0.25) is 5.15 Å². The molecule has 0 bridgehead atoms. The van der Waals surface area contributed by atoms with Gasteiger partial charge in [0.2, 0.25) is 11.8 Å². The van der Waals surface area contributed by atoms with Gasteiger partial charge in [-0.2, -0.15) is 0 Å². The van der Waals surface area contributed by atoms with Gasteiger partial charge in [-0.1, -0.05) is 41.9 Å². The number of anilines is 1. The maximum atomic E-state index is 11.8. The number of hydrogen-bond donors (Lipinski definition) is 2. The molecule has 1 aromatic carbocycles. The molecule has 2 N–H and O–H groups in total. The smallest absolute Gasteiger partial charge is 0.249 e. The second kappa shape index (κ2) is 6.11. The van der Waals surface area contributed by atoms with Crippen LogP contribution in [0.25, 0.3) is 11.4 Å². The summed E-state index contributed by atoms with van der Waals surface area (Å²) in [4.78, 5) is 31.5. The van der Waals surface area contributed by atoms with Crippen LogP contribution in [-0.4, -0.2) is 27.8 Å². The molecular formula is C15H13ClN4O2. The van der Waals surface area contributed by atoms with Crippen LogP contribution < -0.4 is 10.6 Å². The number of benzene rings is 1. The van der Waals surface area contributed by atoms with Crippen LogP contribution in [0.1, 0.15) is 12.8 Å². The van der Waals surface area contributed by atoms with Crippen molar-refractivity contribution in [3.05, 3.63) is 41.6 Å². The number of hydrogen-bond acceptors (Lipinski definition) is 5. The first-order valence-corrected chi connectivity index (χ1v) is 7.20. The minimum atomic E-state index is -0.507. The van der Waals surface area contributed by atoms with Gasteiger partial charge in [0.25, 0.3) is 0 Å². The fourth-order valence-corrected chi connectivity index (χ4v) is 2.40. The van der Waals surface area contributed by atoms with Gasteiger partial charge in [-0.3, -0.25) is 14.9 Å². The Morgan fingerprint density at radius 3 is 2.68 bits per heavy atom. The standard InChI is InChI=1S/C15H13ClN4O2/c16-11-8-12(17-10-6-7-13(21)20-15(10)22)19-14(18-11)9-4-2-1-3-5-9/h1-5,8,10H,6-7H2,(H,17,18,19)(H,20,21,22). The number of rotatable bonds is 3. The monoisotopic (exact) mass is 316 g/mol. The van der Waals surface area contributed by atoms with Crippen LogP contribution in [0.4, 0.5) is 5.82 Å². The highest BCUT2D eigenvalue weighted by Gasteiger charge is 2.26. The van der Waals surface area contributed by atoms with E-state index in [9.17, 15) is 9.59 Å². The molecule has 0 aliphatic carbocycles. The van der Waals surface area contributed by atoms with E-state index >= 15 is 0 Å². The molecule has 0 radical (unpaired) electrons. The van der Waals surface area contributed by atoms with E-state index in [0.29, 0.717) is 24.5 Å². The molecule has 1 unspecified atom stereocenters. The van der Waals surface area contributed by atoms with Crippen LogP contribution in [-0.2, 0) is 9.59 Å². The summed E-state index contributed by atoms with van der Waals surface area (Å²) in [5, 5.41) is 5.58. The number of piperidine rings is 1. The third-order valence-electron chi connectivity index (χ3n) is 3.29. The van der Waals surface area contributed by atoms with E-state index in [1.807, 2.05) is 30.3 Å². The highest BCUT2D eigenvalue weighted by Crippen LogP contribution is 2.21. The number of imide groups is 1. The fraction of sp³-hybridized carbons (Fsp3) is 0.200. The maximum Gasteiger partial charge on any atom is 0.249 e. The average Bonchev–Trinajstić information content (AvgIpc) is 2.50. The van der Waals surface area contributed by atoms with E-state index in [-0.39, 0.29) is 17.0 Å². The Bertz CT molecular complexity index is 721. The van der Waals surface area contributed by atoms with Crippen molar-refractivity contribution in [3.63, 3.8) is 0 Å². The molecule has 1 aromatic heterocycles. The van der Waals surface area contributed by atoms with Crippen molar-refractivity contribution in [2.75, 3.05) is 5.32 Å². The molecule has 2 amide bonds. The number of halogens is 1. The molecular weight excluding hydrogens is 304 g/mol.